The molecule has 3 aromatic rings. The lowest BCUT2D eigenvalue weighted by Gasteiger charge is -2.44. The summed E-state index contributed by atoms with van der Waals surface area (Å²) in [5, 5.41) is 14.4. The zero-order chi connectivity index (χ0) is 31.0. The van der Waals surface area contributed by atoms with E-state index in [1.165, 1.54) is 35.2 Å². The molecule has 0 unspecified atom stereocenters. The number of aliphatic hydroxyl groups excluding tert-OH is 1. The van der Waals surface area contributed by atoms with Gasteiger partial charge in [0.15, 0.2) is 11.5 Å². The van der Waals surface area contributed by atoms with Gasteiger partial charge in [-0.2, -0.15) is 0 Å². The molecule has 0 radical (unpaired) electrons. The fourth-order valence-electron chi connectivity index (χ4n) is 8.72. The first-order chi connectivity index (χ1) is 21.9. The molecule has 6 nitrogen and oxygen atoms in total. The topological polar surface area (TPSA) is 72.8 Å². The number of aryl methyl sites for hydroxylation is 1. The normalized spacial score (nSPS) is 27.7. The molecule has 1 saturated carbocycles. The third-order valence-electron chi connectivity index (χ3n) is 11.0. The largest absolute Gasteiger partial charge is 0.493 e. The van der Waals surface area contributed by atoms with Gasteiger partial charge >= 0.3 is 0 Å². The summed E-state index contributed by atoms with van der Waals surface area (Å²) in [7, 11) is 0. The lowest BCUT2D eigenvalue weighted by atomic mass is 9.62. The summed E-state index contributed by atoms with van der Waals surface area (Å²) in [5.41, 5.74) is 6.56. The molecule has 4 aliphatic rings. The van der Waals surface area contributed by atoms with Crippen molar-refractivity contribution < 1.29 is 19.3 Å². The number of anilines is 1. The number of hydrogen-bond acceptors (Lipinski definition) is 6. The highest BCUT2D eigenvalue weighted by atomic mass is 35.5. The quantitative estimate of drug-likeness (QED) is 0.261. The summed E-state index contributed by atoms with van der Waals surface area (Å²) in [6.07, 6.45) is 12.4. The van der Waals surface area contributed by atoms with Gasteiger partial charge in [-0.3, -0.25) is 4.98 Å². The minimum Gasteiger partial charge on any atom is -0.493 e. The maximum Gasteiger partial charge on any atom is 0.162 e. The molecule has 2 aromatic carbocycles. The van der Waals surface area contributed by atoms with Gasteiger partial charge in [0, 0.05) is 40.6 Å². The maximum atomic E-state index is 9.89. The average Bonchev–Trinajstić information content (AvgIpc) is 3.16. The number of nitrogens with zero attached hydrogens (tertiary/aromatic N) is 1. The van der Waals surface area contributed by atoms with Crippen LogP contribution in [0.4, 0.5) is 5.69 Å². The highest BCUT2D eigenvalue weighted by Crippen LogP contribution is 2.56. The van der Waals surface area contributed by atoms with Gasteiger partial charge in [0.1, 0.15) is 11.9 Å². The van der Waals surface area contributed by atoms with Crippen molar-refractivity contribution >= 4 is 17.3 Å². The molecule has 7 heteroatoms. The number of aromatic nitrogens is 1. The van der Waals surface area contributed by atoms with E-state index in [0.717, 1.165) is 72.9 Å². The molecule has 4 atom stereocenters. The van der Waals surface area contributed by atoms with E-state index >= 15 is 0 Å². The van der Waals surface area contributed by atoms with E-state index in [2.05, 4.69) is 48.4 Å². The first kappa shape index (κ1) is 30.7. The van der Waals surface area contributed by atoms with Gasteiger partial charge in [-0.1, -0.05) is 31.5 Å². The molecule has 45 heavy (non-hydrogen) atoms. The van der Waals surface area contributed by atoms with E-state index in [4.69, 9.17) is 25.8 Å². The van der Waals surface area contributed by atoms with Gasteiger partial charge in [-0.15, -0.1) is 0 Å². The van der Waals surface area contributed by atoms with E-state index in [1.54, 1.807) is 0 Å². The molecule has 0 saturated heterocycles. The van der Waals surface area contributed by atoms with Crippen LogP contribution in [0.5, 0.6) is 17.2 Å². The Morgan fingerprint density at radius 1 is 1.11 bits per heavy atom. The van der Waals surface area contributed by atoms with Crippen LogP contribution in [-0.4, -0.2) is 42.1 Å². The van der Waals surface area contributed by atoms with Crippen LogP contribution in [-0.2, 0) is 18.3 Å². The van der Waals surface area contributed by atoms with E-state index in [0.29, 0.717) is 43.4 Å². The molecule has 2 N–H and O–H groups in total. The Bertz CT molecular complexity index is 1500. The van der Waals surface area contributed by atoms with E-state index in [-0.39, 0.29) is 18.1 Å². The van der Waals surface area contributed by atoms with Gasteiger partial charge in [0.2, 0.25) is 0 Å². The van der Waals surface area contributed by atoms with Crippen molar-refractivity contribution in [2.45, 2.75) is 102 Å². The second-order valence-electron chi connectivity index (χ2n) is 14.1. The monoisotopic (exact) mass is 630 g/mol. The predicted octanol–water partition coefficient (Wildman–Crippen LogP) is 8.27. The lowest BCUT2D eigenvalue weighted by molar-refractivity contribution is 0.109. The smallest absolute Gasteiger partial charge is 0.162 e. The van der Waals surface area contributed by atoms with Crippen LogP contribution in [0.1, 0.15) is 93.5 Å². The molecule has 1 aromatic heterocycles. The molecule has 1 fully saturated rings. The zero-order valence-electron chi connectivity index (χ0n) is 26.7. The minimum absolute atomic E-state index is 0.00147. The number of hydrogen-bond donors (Lipinski definition) is 2. The number of benzene rings is 2. The third-order valence-corrected chi connectivity index (χ3v) is 11.2. The molecule has 240 valence electrons. The number of fused-ring (bicyclic) bond motifs is 4. The fraction of sp³-hybridized carbons (Fsp3) is 0.553. The second-order valence-corrected chi connectivity index (χ2v) is 14.6. The van der Waals surface area contributed by atoms with Crippen molar-refractivity contribution in [2.24, 2.45) is 11.8 Å². The third kappa shape index (κ3) is 6.25. The Hall–Kier alpha value is -2.96. The molecule has 1 spiro atoms. The van der Waals surface area contributed by atoms with Crippen LogP contribution in [0, 0.1) is 11.8 Å². The molecule has 1 aliphatic heterocycles. The molecule has 2 heterocycles. The molecule has 7 rings (SSSR count). The van der Waals surface area contributed by atoms with Crippen molar-refractivity contribution in [3.63, 3.8) is 0 Å². The summed E-state index contributed by atoms with van der Waals surface area (Å²) < 4.78 is 19.0. The molecule has 3 aliphatic carbocycles. The zero-order valence-corrected chi connectivity index (χ0v) is 27.5. The summed E-state index contributed by atoms with van der Waals surface area (Å²) in [6, 6.07) is 15.1. The standard InChI is InChI=1S/C38H47ClN2O4/c1-24(23-44-34-11-15-40-33-8-3-5-25(2)37(33)34)17-27-18-26-19-35-36(45-31(22-42)12-16-43-35)21-32(26)38(27)13-9-29(10-14-38)41-30-7-4-6-28(39)20-30/h4,6-7,11,15,19-21,24-25,27,29,31,41-42H,3,5,8-10,12-14,16-18,22-23H2,1-2H3/t24-,25-,27+,29?,31-,38?/m1/s1. The number of nitrogens with one attached hydrogen (secondary N) is 1. The summed E-state index contributed by atoms with van der Waals surface area (Å²) in [5.74, 6) is 4.08. The second kappa shape index (κ2) is 13.0. The van der Waals surface area contributed by atoms with Crippen LogP contribution in [0.15, 0.2) is 48.7 Å². The van der Waals surface area contributed by atoms with Gasteiger partial charge in [-0.05, 0) is 128 Å². The Labute approximate surface area is 272 Å². The number of rotatable bonds is 8. The molecular weight excluding hydrogens is 584 g/mol. The number of ether oxygens (including phenoxy) is 3. The lowest BCUT2D eigenvalue weighted by Crippen LogP contribution is -2.40. The Morgan fingerprint density at radius 3 is 2.80 bits per heavy atom. The summed E-state index contributed by atoms with van der Waals surface area (Å²) in [4.78, 5) is 4.68. The number of halogens is 1. The first-order valence-electron chi connectivity index (χ1n) is 17.1. The Kier molecular flexibility index (Phi) is 8.89. The molecular formula is C38H47ClN2O4. The summed E-state index contributed by atoms with van der Waals surface area (Å²) in [6.45, 7) is 5.94. The van der Waals surface area contributed by atoms with Gasteiger partial charge in [0.05, 0.1) is 19.8 Å². The highest BCUT2D eigenvalue weighted by Gasteiger charge is 2.49. The SMILES string of the molecule is C[C@@H](COc1ccnc2c1[C@H](C)CCC2)C[C@H]1Cc2cc3c(cc2C12CCC(Nc1cccc(Cl)c1)CC2)O[C@@H](CO)CCO3. The highest BCUT2D eigenvalue weighted by molar-refractivity contribution is 6.30. The fourth-order valence-corrected chi connectivity index (χ4v) is 8.91. The maximum absolute atomic E-state index is 9.89. The predicted molar refractivity (Wildman–Crippen MR) is 179 cm³/mol. The van der Waals surface area contributed by atoms with Crippen molar-refractivity contribution in [3.8, 4) is 17.2 Å². The van der Waals surface area contributed by atoms with E-state index < -0.39 is 0 Å². The summed E-state index contributed by atoms with van der Waals surface area (Å²) >= 11 is 6.29. The van der Waals surface area contributed by atoms with Crippen LogP contribution in [0.3, 0.4) is 0 Å². The minimum atomic E-state index is -0.228. The average molecular weight is 631 g/mol. The van der Waals surface area contributed by atoms with Crippen molar-refractivity contribution in [1.82, 2.24) is 4.98 Å². The van der Waals surface area contributed by atoms with Crippen LogP contribution < -0.4 is 19.5 Å². The number of aliphatic hydroxyl groups is 1. The van der Waals surface area contributed by atoms with Crippen LogP contribution >= 0.6 is 11.6 Å². The number of pyridine rings is 1. The van der Waals surface area contributed by atoms with Gasteiger partial charge < -0.3 is 24.6 Å². The van der Waals surface area contributed by atoms with Crippen molar-refractivity contribution in [3.05, 3.63) is 76.1 Å². The van der Waals surface area contributed by atoms with E-state index in [9.17, 15) is 5.11 Å². The van der Waals surface area contributed by atoms with Crippen molar-refractivity contribution in [2.75, 3.05) is 25.1 Å². The Balaban J connectivity index is 1.11. The van der Waals surface area contributed by atoms with Crippen LogP contribution in [0.2, 0.25) is 5.02 Å². The Morgan fingerprint density at radius 2 is 1.98 bits per heavy atom. The first-order valence-corrected chi connectivity index (χ1v) is 17.5. The van der Waals surface area contributed by atoms with Gasteiger partial charge in [-0.25, -0.2) is 0 Å². The van der Waals surface area contributed by atoms with Crippen molar-refractivity contribution in [1.29, 1.82) is 0 Å². The van der Waals surface area contributed by atoms with Gasteiger partial charge in [0.25, 0.3) is 0 Å². The molecule has 0 amide bonds. The van der Waals surface area contributed by atoms with Crippen LogP contribution in [0.25, 0.3) is 0 Å². The van der Waals surface area contributed by atoms with E-state index in [1.807, 2.05) is 24.4 Å². The molecule has 0 bridgehead atoms.